The molecule has 1 aliphatic heterocycles. The molecule has 29 heavy (non-hydrogen) atoms. The molecule has 4 heterocycles. The molecular weight excluding hydrogens is 373 g/mol. The topological polar surface area (TPSA) is 90.9 Å². The standard InChI is InChI=1S/C20H18FN7O/c1-12-8-15(14-3-2-13(21)9-16(14)26-12)20(29)28-6-4-27(5-7-28)19-17-18(23-10-22-17)24-11-25-19/h2-3,8-11H,4-7H2,1H3,(H,22,23,24,25). The van der Waals surface area contributed by atoms with Crippen LogP contribution in [0.5, 0.6) is 0 Å². The van der Waals surface area contributed by atoms with E-state index in [1.54, 1.807) is 18.5 Å². The van der Waals surface area contributed by atoms with Crippen molar-refractivity contribution >= 4 is 33.8 Å². The van der Waals surface area contributed by atoms with Gasteiger partial charge in [0, 0.05) is 43.3 Å². The molecular formula is C20H18FN7O. The highest BCUT2D eigenvalue weighted by Gasteiger charge is 2.25. The van der Waals surface area contributed by atoms with E-state index in [0.29, 0.717) is 54.0 Å². The Morgan fingerprint density at radius 3 is 2.76 bits per heavy atom. The van der Waals surface area contributed by atoms with Crippen molar-refractivity contribution in [2.75, 3.05) is 31.1 Å². The molecule has 0 radical (unpaired) electrons. The van der Waals surface area contributed by atoms with Crippen molar-refractivity contribution < 1.29 is 9.18 Å². The number of carbonyl (C=O) groups is 1. The first kappa shape index (κ1) is 17.5. The van der Waals surface area contributed by atoms with E-state index in [1.165, 1.54) is 18.5 Å². The van der Waals surface area contributed by atoms with Crippen molar-refractivity contribution in [2.45, 2.75) is 6.92 Å². The maximum absolute atomic E-state index is 13.6. The van der Waals surface area contributed by atoms with Gasteiger partial charge >= 0.3 is 0 Å². The second kappa shape index (κ2) is 6.77. The lowest BCUT2D eigenvalue weighted by atomic mass is 10.1. The normalized spacial score (nSPS) is 14.7. The van der Waals surface area contributed by atoms with E-state index < -0.39 is 0 Å². The number of anilines is 1. The Hall–Kier alpha value is -3.62. The van der Waals surface area contributed by atoms with E-state index in [2.05, 4.69) is 29.8 Å². The highest BCUT2D eigenvalue weighted by molar-refractivity contribution is 6.06. The molecule has 0 aliphatic carbocycles. The molecule has 1 amide bonds. The number of pyridine rings is 1. The number of carbonyl (C=O) groups excluding carboxylic acids is 1. The molecule has 3 aromatic heterocycles. The number of rotatable bonds is 2. The zero-order chi connectivity index (χ0) is 20.0. The molecule has 0 atom stereocenters. The summed E-state index contributed by atoms with van der Waals surface area (Å²) in [5.74, 6) is 0.360. The Morgan fingerprint density at radius 1 is 1.10 bits per heavy atom. The van der Waals surface area contributed by atoms with Gasteiger partial charge in [-0.2, -0.15) is 0 Å². The fraction of sp³-hybridized carbons (Fsp3) is 0.250. The lowest BCUT2D eigenvalue weighted by molar-refractivity contribution is 0.0748. The number of hydrogen-bond donors (Lipinski definition) is 1. The lowest BCUT2D eigenvalue weighted by Gasteiger charge is -2.35. The van der Waals surface area contributed by atoms with Crippen molar-refractivity contribution in [3.05, 3.63) is 54.0 Å². The van der Waals surface area contributed by atoms with Crippen LogP contribution in [0.25, 0.3) is 22.1 Å². The Morgan fingerprint density at radius 2 is 1.93 bits per heavy atom. The molecule has 8 nitrogen and oxygen atoms in total. The number of amides is 1. The number of imidazole rings is 1. The average Bonchev–Trinajstić information content (AvgIpc) is 3.21. The summed E-state index contributed by atoms with van der Waals surface area (Å²) in [5.41, 5.74) is 3.16. The van der Waals surface area contributed by atoms with Crippen LogP contribution in [0.15, 0.2) is 36.9 Å². The van der Waals surface area contributed by atoms with Crippen LogP contribution >= 0.6 is 0 Å². The number of halogens is 1. The van der Waals surface area contributed by atoms with E-state index in [1.807, 2.05) is 11.8 Å². The third-order valence-electron chi connectivity index (χ3n) is 5.20. The van der Waals surface area contributed by atoms with Gasteiger partial charge < -0.3 is 14.8 Å². The van der Waals surface area contributed by atoms with Gasteiger partial charge in [0.15, 0.2) is 11.5 Å². The summed E-state index contributed by atoms with van der Waals surface area (Å²) in [7, 11) is 0. The summed E-state index contributed by atoms with van der Waals surface area (Å²) in [6, 6.07) is 6.12. The highest BCUT2D eigenvalue weighted by atomic mass is 19.1. The van der Waals surface area contributed by atoms with Crippen LogP contribution in [-0.4, -0.2) is 61.9 Å². The average molecular weight is 391 g/mol. The molecule has 1 aromatic carbocycles. The Labute approximate surface area is 165 Å². The predicted octanol–water partition coefficient (Wildman–Crippen LogP) is 2.31. The van der Waals surface area contributed by atoms with Gasteiger partial charge in [0.2, 0.25) is 0 Å². The lowest BCUT2D eigenvalue weighted by Crippen LogP contribution is -2.49. The van der Waals surface area contributed by atoms with Crippen molar-refractivity contribution in [1.29, 1.82) is 0 Å². The van der Waals surface area contributed by atoms with Crippen LogP contribution in [0.2, 0.25) is 0 Å². The number of aromatic amines is 1. The number of H-pyrrole nitrogens is 1. The number of benzene rings is 1. The van der Waals surface area contributed by atoms with E-state index in [0.717, 1.165) is 11.3 Å². The molecule has 1 N–H and O–H groups in total. The van der Waals surface area contributed by atoms with Gasteiger partial charge in [-0.1, -0.05) is 0 Å². The summed E-state index contributed by atoms with van der Waals surface area (Å²) in [6.07, 6.45) is 3.10. The van der Waals surface area contributed by atoms with Crippen LogP contribution in [0.4, 0.5) is 10.2 Å². The number of aryl methyl sites for hydroxylation is 1. The highest BCUT2D eigenvalue weighted by Crippen LogP contribution is 2.24. The zero-order valence-corrected chi connectivity index (χ0v) is 15.8. The van der Waals surface area contributed by atoms with Gasteiger partial charge in [-0.05, 0) is 25.1 Å². The summed E-state index contributed by atoms with van der Waals surface area (Å²) in [6.45, 7) is 4.22. The van der Waals surface area contributed by atoms with Crippen LogP contribution in [-0.2, 0) is 0 Å². The first-order valence-corrected chi connectivity index (χ1v) is 9.35. The predicted molar refractivity (Wildman–Crippen MR) is 106 cm³/mol. The first-order chi connectivity index (χ1) is 14.1. The van der Waals surface area contributed by atoms with Crippen molar-refractivity contribution in [3.8, 4) is 0 Å². The number of aromatic nitrogens is 5. The van der Waals surface area contributed by atoms with Crippen molar-refractivity contribution in [1.82, 2.24) is 29.8 Å². The van der Waals surface area contributed by atoms with Crippen molar-refractivity contribution in [3.63, 3.8) is 0 Å². The Bertz CT molecular complexity index is 1220. The van der Waals surface area contributed by atoms with Gasteiger partial charge in [0.25, 0.3) is 5.91 Å². The maximum atomic E-state index is 13.6. The van der Waals surface area contributed by atoms with Gasteiger partial charge in [0.1, 0.15) is 17.7 Å². The number of fused-ring (bicyclic) bond motifs is 2. The Balaban J connectivity index is 1.39. The Kier molecular flexibility index (Phi) is 4.08. The van der Waals surface area contributed by atoms with Crippen molar-refractivity contribution in [2.24, 2.45) is 0 Å². The molecule has 0 unspecified atom stereocenters. The number of piperazine rings is 1. The molecule has 1 aliphatic rings. The molecule has 146 valence electrons. The fourth-order valence-electron chi connectivity index (χ4n) is 3.79. The number of nitrogens with zero attached hydrogens (tertiary/aromatic N) is 6. The van der Waals surface area contributed by atoms with Gasteiger partial charge in [-0.3, -0.25) is 9.78 Å². The molecule has 0 bridgehead atoms. The minimum atomic E-state index is -0.363. The third-order valence-corrected chi connectivity index (χ3v) is 5.20. The maximum Gasteiger partial charge on any atom is 0.254 e. The third kappa shape index (κ3) is 3.04. The van der Waals surface area contributed by atoms with E-state index in [-0.39, 0.29) is 11.7 Å². The first-order valence-electron chi connectivity index (χ1n) is 9.35. The molecule has 0 saturated carbocycles. The monoisotopic (exact) mass is 391 g/mol. The number of nitrogens with one attached hydrogen (secondary N) is 1. The minimum Gasteiger partial charge on any atom is -0.351 e. The number of hydrogen-bond acceptors (Lipinski definition) is 6. The smallest absolute Gasteiger partial charge is 0.254 e. The van der Waals surface area contributed by atoms with Crippen LogP contribution in [0.3, 0.4) is 0 Å². The summed E-state index contributed by atoms with van der Waals surface area (Å²) < 4.78 is 13.6. The zero-order valence-electron chi connectivity index (χ0n) is 15.8. The summed E-state index contributed by atoms with van der Waals surface area (Å²) >= 11 is 0. The van der Waals surface area contributed by atoms with Crippen LogP contribution < -0.4 is 4.90 Å². The largest absolute Gasteiger partial charge is 0.351 e. The second-order valence-electron chi connectivity index (χ2n) is 7.05. The van der Waals surface area contributed by atoms with Crippen LogP contribution in [0.1, 0.15) is 16.1 Å². The quantitative estimate of drug-likeness (QED) is 0.564. The van der Waals surface area contributed by atoms with E-state index in [9.17, 15) is 9.18 Å². The second-order valence-corrected chi connectivity index (χ2v) is 7.05. The molecule has 1 fully saturated rings. The fourth-order valence-corrected chi connectivity index (χ4v) is 3.79. The molecule has 1 saturated heterocycles. The molecule has 9 heteroatoms. The van der Waals surface area contributed by atoms with Gasteiger partial charge in [0.05, 0.1) is 17.4 Å². The molecule has 4 aromatic rings. The van der Waals surface area contributed by atoms with E-state index in [4.69, 9.17) is 0 Å². The molecule has 0 spiro atoms. The minimum absolute atomic E-state index is 0.0684. The summed E-state index contributed by atoms with van der Waals surface area (Å²) in [4.78, 5) is 37.3. The van der Waals surface area contributed by atoms with Crippen LogP contribution in [0, 0.1) is 12.7 Å². The molecule has 5 rings (SSSR count). The SMILES string of the molecule is Cc1cc(C(=O)N2CCN(c3ncnc4nc[nH]c34)CC2)c2ccc(F)cc2n1. The van der Waals surface area contributed by atoms with Gasteiger partial charge in [-0.25, -0.2) is 19.3 Å². The summed E-state index contributed by atoms with van der Waals surface area (Å²) in [5, 5.41) is 0.666. The van der Waals surface area contributed by atoms with Gasteiger partial charge in [-0.15, -0.1) is 0 Å². The van der Waals surface area contributed by atoms with E-state index >= 15 is 0 Å².